The van der Waals surface area contributed by atoms with Crippen LogP contribution >= 0.6 is 11.8 Å². The molecule has 2 aliphatic rings. The van der Waals surface area contributed by atoms with Crippen molar-refractivity contribution in [2.45, 2.75) is 37.0 Å². The Morgan fingerprint density at radius 1 is 1.26 bits per heavy atom. The van der Waals surface area contributed by atoms with Gasteiger partial charge in [-0.25, -0.2) is 0 Å². The number of thioether (sulfide) groups is 1. The molecule has 1 fully saturated rings. The summed E-state index contributed by atoms with van der Waals surface area (Å²) >= 11 is 1.76. The third-order valence-electron chi connectivity index (χ3n) is 4.23. The molecule has 1 aromatic carbocycles. The lowest BCUT2D eigenvalue weighted by atomic mass is 9.75. The number of methoxy groups -OCH3 is 1. The molecule has 1 saturated carbocycles. The molecule has 3 nitrogen and oxygen atoms in total. The highest BCUT2D eigenvalue weighted by Gasteiger charge is 2.41. The Morgan fingerprint density at radius 3 is 2.79 bits per heavy atom. The van der Waals surface area contributed by atoms with Gasteiger partial charge in [-0.1, -0.05) is 25.3 Å². The molecule has 1 amide bonds. The van der Waals surface area contributed by atoms with Gasteiger partial charge < -0.3 is 10.1 Å². The minimum Gasteiger partial charge on any atom is -0.496 e. The Hall–Kier alpha value is -1.16. The van der Waals surface area contributed by atoms with Gasteiger partial charge in [0.1, 0.15) is 5.75 Å². The van der Waals surface area contributed by atoms with Crippen LogP contribution in [0.25, 0.3) is 0 Å². The molecule has 1 heterocycles. The number of hydrogen-bond donors (Lipinski definition) is 1. The van der Waals surface area contributed by atoms with E-state index in [9.17, 15) is 4.79 Å². The van der Waals surface area contributed by atoms with Crippen molar-refractivity contribution in [2.24, 2.45) is 5.41 Å². The first-order valence-corrected chi connectivity index (χ1v) is 7.85. The second-order valence-corrected chi connectivity index (χ2v) is 6.41. The average Bonchev–Trinajstić information content (AvgIpc) is 2.58. The third kappa shape index (κ3) is 2.22. The summed E-state index contributed by atoms with van der Waals surface area (Å²) in [5, 5.41) is 3.12. The van der Waals surface area contributed by atoms with Crippen molar-refractivity contribution in [3.05, 3.63) is 18.2 Å². The van der Waals surface area contributed by atoms with Crippen LogP contribution in [0.15, 0.2) is 23.1 Å². The molecule has 3 rings (SSSR count). The second-order valence-electron chi connectivity index (χ2n) is 5.42. The van der Waals surface area contributed by atoms with Crippen molar-refractivity contribution >= 4 is 23.4 Å². The molecule has 1 aliphatic carbocycles. The number of hydrogen-bond acceptors (Lipinski definition) is 3. The van der Waals surface area contributed by atoms with E-state index in [0.717, 1.165) is 34.9 Å². The number of rotatable bonds is 1. The van der Waals surface area contributed by atoms with Gasteiger partial charge in [0, 0.05) is 5.75 Å². The standard InChI is InChI=1S/C15H19NO2S/c1-18-12-7-5-6-11-13(12)19-10-15(14(17)16-11)8-3-2-4-9-15/h5-7H,2-4,8-10H2,1H3,(H,16,17). The summed E-state index contributed by atoms with van der Waals surface area (Å²) < 4.78 is 5.41. The van der Waals surface area contributed by atoms with Gasteiger partial charge in [-0.05, 0) is 25.0 Å². The molecule has 1 N–H and O–H groups in total. The molecule has 0 saturated heterocycles. The number of benzene rings is 1. The van der Waals surface area contributed by atoms with E-state index >= 15 is 0 Å². The Kier molecular flexibility index (Phi) is 3.44. The van der Waals surface area contributed by atoms with Crippen LogP contribution in [-0.4, -0.2) is 18.8 Å². The first kappa shape index (κ1) is 12.9. The fraction of sp³-hybridized carbons (Fsp3) is 0.533. The molecule has 4 heteroatoms. The van der Waals surface area contributed by atoms with Crippen LogP contribution < -0.4 is 10.1 Å². The van der Waals surface area contributed by atoms with E-state index in [1.807, 2.05) is 18.2 Å². The summed E-state index contributed by atoms with van der Waals surface area (Å²) in [6.45, 7) is 0. The Labute approximate surface area is 118 Å². The molecular formula is C15H19NO2S. The molecular weight excluding hydrogens is 258 g/mol. The number of anilines is 1. The topological polar surface area (TPSA) is 38.3 Å². The second kappa shape index (κ2) is 5.08. The summed E-state index contributed by atoms with van der Waals surface area (Å²) in [5.74, 6) is 1.93. The van der Waals surface area contributed by atoms with Gasteiger partial charge in [0.25, 0.3) is 0 Å². The van der Waals surface area contributed by atoms with Gasteiger partial charge in [-0.3, -0.25) is 4.79 Å². The maximum Gasteiger partial charge on any atom is 0.231 e. The molecule has 19 heavy (non-hydrogen) atoms. The van der Waals surface area contributed by atoms with Gasteiger partial charge in [0.2, 0.25) is 5.91 Å². The molecule has 0 unspecified atom stereocenters. The molecule has 0 aromatic heterocycles. The molecule has 102 valence electrons. The maximum absolute atomic E-state index is 12.6. The minimum atomic E-state index is -0.174. The Balaban J connectivity index is 1.94. The van der Waals surface area contributed by atoms with Crippen LogP contribution in [0.2, 0.25) is 0 Å². The van der Waals surface area contributed by atoms with Crippen LogP contribution in [0.3, 0.4) is 0 Å². The van der Waals surface area contributed by atoms with E-state index in [1.165, 1.54) is 19.3 Å². The summed E-state index contributed by atoms with van der Waals surface area (Å²) in [4.78, 5) is 13.7. The van der Waals surface area contributed by atoms with E-state index in [-0.39, 0.29) is 11.3 Å². The number of ether oxygens (including phenoxy) is 1. The van der Waals surface area contributed by atoms with Crippen LogP contribution in [0.5, 0.6) is 5.75 Å². The first-order valence-electron chi connectivity index (χ1n) is 6.86. The first-order chi connectivity index (χ1) is 9.25. The Morgan fingerprint density at radius 2 is 2.05 bits per heavy atom. The predicted octanol–water partition coefficient (Wildman–Crippen LogP) is 3.69. The third-order valence-corrected chi connectivity index (χ3v) is 5.64. The summed E-state index contributed by atoms with van der Waals surface area (Å²) in [6, 6.07) is 5.85. The quantitative estimate of drug-likeness (QED) is 0.850. The number of carbonyl (C=O) groups excluding carboxylic acids is 1. The Bertz CT molecular complexity index is 495. The van der Waals surface area contributed by atoms with E-state index in [0.29, 0.717) is 0 Å². The smallest absolute Gasteiger partial charge is 0.231 e. The van der Waals surface area contributed by atoms with E-state index in [2.05, 4.69) is 5.32 Å². The monoisotopic (exact) mass is 277 g/mol. The zero-order valence-corrected chi connectivity index (χ0v) is 12.0. The fourth-order valence-corrected chi connectivity index (χ4v) is 4.46. The minimum absolute atomic E-state index is 0.174. The molecule has 1 spiro atoms. The molecule has 0 bridgehead atoms. The van der Waals surface area contributed by atoms with E-state index < -0.39 is 0 Å². The van der Waals surface area contributed by atoms with Crippen molar-refractivity contribution < 1.29 is 9.53 Å². The highest BCUT2D eigenvalue weighted by Crippen LogP contribution is 2.47. The lowest BCUT2D eigenvalue weighted by molar-refractivity contribution is -0.126. The van der Waals surface area contributed by atoms with E-state index in [1.54, 1.807) is 18.9 Å². The van der Waals surface area contributed by atoms with Crippen molar-refractivity contribution in [1.29, 1.82) is 0 Å². The van der Waals surface area contributed by atoms with Crippen LogP contribution in [0.4, 0.5) is 5.69 Å². The van der Waals surface area contributed by atoms with Crippen molar-refractivity contribution in [2.75, 3.05) is 18.2 Å². The number of amides is 1. The summed E-state index contributed by atoms with van der Waals surface area (Å²) in [6.07, 6.45) is 5.63. The van der Waals surface area contributed by atoms with Crippen molar-refractivity contribution in [3.63, 3.8) is 0 Å². The van der Waals surface area contributed by atoms with Crippen LogP contribution in [-0.2, 0) is 4.79 Å². The molecule has 1 aromatic rings. The summed E-state index contributed by atoms with van der Waals surface area (Å²) in [7, 11) is 1.68. The molecule has 0 atom stereocenters. The van der Waals surface area contributed by atoms with Crippen molar-refractivity contribution in [1.82, 2.24) is 0 Å². The highest BCUT2D eigenvalue weighted by atomic mass is 32.2. The zero-order valence-electron chi connectivity index (χ0n) is 11.2. The van der Waals surface area contributed by atoms with Gasteiger partial charge in [0.05, 0.1) is 23.1 Å². The fourth-order valence-electron chi connectivity index (χ4n) is 3.05. The zero-order chi connectivity index (χ0) is 13.3. The number of nitrogens with one attached hydrogen (secondary N) is 1. The van der Waals surface area contributed by atoms with Crippen molar-refractivity contribution in [3.8, 4) is 5.75 Å². The van der Waals surface area contributed by atoms with Crippen LogP contribution in [0.1, 0.15) is 32.1 Å². The van der Waals surface area contributed by atoms with E-state index in [4.69, 9.17) is 4.74 Å². The maximum atomic E-state index is 12.6. The molecule has 1 aliphatic heterocycles. The molecule has 0 radical (unpaired) electrons. The number of fused-ring (bicyclic) bond motifs is 1. The summed E-state index contributed by atoms with van der Waals surface area (Å²) in [5.41, 5.74) is 0.726. The van der Waals surface area contributed by atoms with Gasteiger partial charge >= 0.3 is 0 Å². The predicted molar refractivity (Wildman–Crippen MR) is 77.9 cm³/mol. The SMILES string of the molecule is COc1cccc2c1SCC1(CCCCC1)C(=O)N2. The normalized spacial score (nSPS) is 21.4. The van der Waals surface area contributed by atoms with Gasteiger partial charge in [-0.2, -0.15) is 0 Å². The number of carbonyl (C=O) groups is 1. The average molecular weight is 277 g/mol. The largest absolute Gasteiger partial charge is 0.496 e. The lowest BCUT2D eigenvalue weighted by Crippen LogP contribution is -2.39. The van der Waals surface area contributed by atoms with Crippen LogP contribution in [0, 0.1) is 5.41 Å². The van der Waals surface area contributed by atoms with Gasteiger partial charge in [-0.15, -0.1) is 11.8 Å². The highest BCUT2D eigenvalue weighted by molar-refractivity contribution is 7.99. The van der Waals surface area contributed by atoms with Gasteiger partial charge in [0.15, 0.2) is 0 Å². The lowest BCUT2D eigenvalue weighted by Gasteiger charge is -2.33.